The maximum Gasteiger partial charge on any atom is 0.416 e. The van der Waals surface area contributed by atoms with E-state index < -0.39 is 35.5 Å². The summed E-state index contributed by atoms with van der Waals surface area (Å²) in [6, 6.07) is 9.35. The summed E-state index contributed by atoms with van der Waals surface area (Å²) >= 11 is 0. The van der Waals surface area contributed by atoms with Crippen molar-refractivity contribution in [3.05, 3.63) is 71.0 Å². The van der Waals surface area contributed by atoms with Gasteiger partial charge in [-0.3, -0.25) is 4.79 Å². The van der Waals surface area contributed by atoms with Gasteiger partial charge in [-0.15, -0.1) is 0 Å². The van der Waals surface area contributed by atoms with Crippen molar-refractivity contribution in [2.45, 2.75) is 25.6 Å². The standard InChI is InChI=1S/C19H18F4O3/c1-2-26-18(25)16(11-12-3-9-15(20)10-4-12)17(24)13-5-7-14(8-6-13)19(21,22)23/h3-10,16-17,24H,2,11H2,1H3. The van der Waals surface area contributed by atoms with Gasteiger partial charge in [-0.25, -0.2) is 4.39 Å². The molecular formula is C19H18F4O3. The highest BCUT2D eigenvalue weighted by Crippen LogP contribution is 2.32. The van der Waals surface area contributed by atoms with E-state index in [4.69, 9.17) is 4.74 Å². The maximum atomic E-state index is 13.0. The lowest BCUT2D eigenvalue weighted by Gasteiger charge is -2.22. The number of ether oxygens (including phenoxy) is 1. The van der Waals surface area contributed by atoms with Crippen LogP contribution in [-0.2, 0) is 22.1 Å². The summed E-state index contributed by atoms with van der Waals surface area (Å²) in [6.07, 6.45) is -5.79. The van der Waals surface area contributed by atoms with E-state index in [1.54, 1.807) is 6.92 Å². The van der Waals surface area contributed by atoms with E-state index in [0.717, 1.165) is 24.3 Å². The van der Waals surface area contributed by atoms with Gasteiger partial charge < -0.3 is 9.84 Å². The van der Waals surface area contributed by atoms with Gasteiger partial charge in [0.1, 0.15) is 5.82 Å². The second-order valence-electron chi connectivity index (χ2n) is 5.75. The lowest BCUT2D eigenvalue weighted by Crippen LogP contribution is -2.27. The predicted octanol–water partition coefficient (Wildman–Crippen LogP) is 4.30. The molecule has 2 unspecified atom stereocenters. The van der Waals surface area contributed by atoms with Crippen LogP contribution in [0.15, 0.2) is 48.5 Å². The molecule has 3 nitrogen and oxygen atoms in total. The Bertz CT molecular complexity index is 724. The van der Waals surface area contributed by atoms with Crippen LogP contribution in [0.2, 0.25) is 0 Å². The second kappa shape index (κ2) is 8.31. The topological polar surface area (TPSA) is 46.5 Å². The summed E-state index contributed by atoms with van der Waals surface area (Å²) in [6.45, 7) is 1.70. The zero-order valence-corrected chi connectivity index (χ0v) is 14.0. The number of hydrogen-bond acceptors (Lipinski definition) is 3. The van der Waals surface area contributed by atoms with Gasteiger partial charge >= 0.3 is 12.1 Å². The minimum atomic E-state index is -4.49. The molecule has 0 aliphatic rings. The molecule has 0 bridgehead atoms. The molecule has 0 aliphatic heterocycles. The van der Waals surface area contributed by atoms with E-state index in [1.807, 2.05) is 0 Å². The first-order valence-electron chi connectivity index (χ1n) is 7.98. The van der Waals surface area contributed by atoms with E-state index in [9.17, 15) is 27.5 Å². The molecule has 0 saturated carbocycles. The molecule has 0 fully saturated rings. The third kappa shape index (κ3) is 5.05. The van der Waals surface area contributed by atoms with Crippen molar-refractivity contribution >= 4 is 5.97 Å². The van der Waals surface area contributed by atoms with Crippen molar-refractivity contribution in [2.75, 3.05) is 6.61 Å². The zero-order valence-electron chi connectivity index (χ0n) is 14.0. The highest BCUT2D eigenvalue weighted by atomic mass is 19.4. The van der Waals surface area contributed by atoms with Crippen molar-refractivity contribution in [3.63, 3.8) is 0 Å². The Balaban J connectivity index is 2.25. The third-order valence-electron chi connectivity index (χ3n) is 3.92. The number of alkyl halides is 3. The van der Waals surface area contributed by atoms with Gasteiger partial charge in [0.05, 0.1) is 24.2 Å². The van der Waals surface area contributed by atoms with Gasteiger partial charge in [-0.2, -0.15) is 13.2 Å². The lowest BCUT2D eigenvalue weighted by atomic mass is 9.89. The van der Waals surface area contributed by atoms with Crippen LogP contribution in [0.4, 0.5) is 17.6 Å². The number of carbonyl (C=O) groups is 1. The predicted molar refractivity (Wildman–Crippen MR) is 86.6 cm³/mol. The quantitative estimate of drug-likeness (QED) is 0.609. The molecule has 0 heterocycles. The van der Waals surface area contributed by atoms with Crippen LogP contribution in [0.1, 0.15) is 29.7 Å². The van der Waals surface area contributed by atoms with Crippen molar-refractivity contribution in [1.82, 2.24) is 0 Å². The van der Waals surface area contributed by atoms with Gasteiger partial charge in [0.15, 0.2) is 0 Å². The average molecular weight is 370 g/mol. The van der Waals surface area contributed by atoms with Gasteiger partial charge in [0.2, 0.25) is 0 Å². The van der Waals surface area contributed by atoms with E-state index in [0.29, 0.717) is 5.56 Å². The largest absolute Gasteiger partial charge is 0.466 e. The van der Waals surface area contributed by atoms with Crippen molar-refractivity contribution in [1.29, 1.82) is 0 Å². The van der Waals surface area contributed by atoms with Gasteiger partial charge in [0, 0.05) is 0 Å². The Kier molecular flexibility index (Phi) is 6.37. The summed E-state index contributed by atoms with van der Waals surface area (Å²) in [7, 11) is 0. The molecule has 2 rings (SSSR count). The Hall–Kier alpha value is -2.41. The van der Waals surface area contributed by atoms with Gasteiger partial charge in [-0.1, -0.05) is 24.3 Å². The van der Waals surface area contributed by atoms with Crippen molar-refractivity contribution in [2.24, 2.45) is 5.92 Å². The van der Waals surface area contributed by atoms with Crippen LogP contribution in [0.3, 0.4) is 0 Å². The fraction of sp³-hybridized carbons (Fsp3) is 0.316. The van der Waals surface area contributed by atoms with Crippen LogP contribution in [0.5, 0.6) is 0 Å². The number of benzene rings is 2. The fourth-order valence-electron chi connectivity index (χ4n) is 2.55. The monoisotopic (exact) mass is 370 g/mol. The summed E-state index contributed by atoms with van der Waals surface area (Å²) < 4.78 is 56.0. The summed E-state index contributed by atoms with van der Waals surface area (Å²) in [5.41, 5.74) is -0.0896. The molecule has 2 atom stereocenters. The average Bonchev–Trinajstić information content (AvgIpc) is 2.60. The molecule has 26 heavy (non-hydrogen) atoms. The number of aliphatic hydroxyl groups excluding tert-OH is 1. The summed E-state index contributed by atoms with van der Waals surface area (Å²) in [5, 5.41) is 10.5. The van der Waals surface area contributed by atoms with Crippen LogP contribution in [0.25, 0.3) is 0 Å². The molecule has 2 aromatic rings. The van der Waals surface area contributed by atoms with E-state index in [2.05, 4.69) is 0 Å². The third-order valence-corrected chi connectivity index (χ3v) is 3.92. The Morgan fingerprint density at radius 3 is 2.15 bits per heavy atom. The number of carbonyl (C=O) groups excluding carboxylic acids is 1. The minimum Gasteiger partial charge on any atom is -0.466 e. The number of aliphatic hydroxyl groups is 1. The second-order valence-corrected chi connectivity index (χ2v) is 5.75. The number of esters is 1. The summed E-state index contributed by atoms with van der Waals surface area (Å²) in [5.74, 6) is -2.15. The first-order chi connectivity index (χ1) is 12.2. The molecular weight excluding hydrogens is 352 g/mol. The van der Waals surface area contributed by atoms with E-state index >= 15 is 0 Å². The molecule has 0 amide bonds. The molecule has 0 radical (unpaired) electrons. The molecule has 0 aliphatic carbocycles. The molecule has 7 heteroatoms. The number of halogens is 4. The van der Waals surface area contributed by atoms with Crippen molar-refractivity contribution in [3.8, 4) is 0 Å². The lowest BCUT2D eigenvalue weighted by molar-refractivity contribution is -0.152. The molecule has 0 aromatic heterocycles. The van der Waals surface area contributed by atoms with E-state index in [-0.39, 0.29) is 18.6 Å². The number of hydrogen-bond donors (Lipinski definition) is 1. The van der Waals surface area contributed by atoms with Crippen molar-refractivity contribution < 1.29 is 32.2 Å². The molecule has 1 N–H and O–H groups in total. The minimum absolute atomic E-state index is 0.0568. The van der Waals surface area contributed by atoms with Crippen LogP contribution < -0.4 is 0 Å². The maximum absolute atomic E-state index is 13.0. The van der Waals surface area contributed by atoms with Gasteiger partial charge in [-0.05, 0) is 48.7 Å². The SMILES string of the molecule is CCOC(=O)C(Cc1ccc(F)cc1)C(O)c1ccc(C(F)(F)F)cc1. The molecule has 2 aromatic carbocycles. The Labute approximate surface area is 148 Å². The molecule has 0 saturated heterocycles. The van der Waals surface area contributed by atoms with Gasteiger partial charge in [0.25, 0.3) is 0 Å². The smallest absolute Gasteiger partial charge is 0.416 e. The fourth-order valence-corrected chi connectivity index (χ4v) is 2.55. The first-order valence-corrected chi connectivity index (χ1v) is 7.98. The van der Waals surface area contributed by atoms with E-state index in [1.165, 1.54) is 24.3 Å². The first kappa shape index (κ1) is 19.9. The highest BCUT2D eigenvalue weighted by Gasteiger charge is 2.32. The number of rotatable bonds is 6. The van der Waals surface area contributed by atoms with Crippen LogP contribution >= 0.6 is 0 Å². The zero-order chi connectivity index (χ0) is 19.3. The summed E-state index contributed by atoms with van der Waals surface area (Å²) in [4.78, 5) is 12.2. The Morgan fingerprint density at radius 1 is 1.08 bits per heavy atom. The van der Waals surface area contributed by atoms with Crippen LogP contribution in [0, 0.1) is 11.7 Å². The highest BCUT2D eigenvalue weighted by molar-refractivity contribution is 5.74. The van der Waals surface area contributed by atoms with Crippen LogP contribution in [-0.4, -0.2) is 17.7 Å². The molecule has 0 spiro atoms. The Morgan fingerprint density at radius 2 is 1.65 bits per heavy atom. The molecule has 140 valence electrons. The normalized spacial score (nSPS) is 13.9.